The fourth-order valence-electron chi connectivity index (χ4n) is 2.72. The zero-order chi connectivity index (χ0) is 14.1. The lowest BCUT2D eigenvalue weighted by molar-refractivity contribution is 0.420. The van der Waals surface area contributed by atoms with Crippen LogP contribution in [0.4, 0.5) is 11.4 Å². The normalized spacial score (nSPS) is 18.8. The van der Waals surface area contributed by atoms with E-state index >= 15 is 0 Å². The molecule has 1 heterocycles. The predicted molar refractivity (Wildman–Crippen MR) is 81.9 cm³/mol. The van der Waals surface area contributed by atoms with Crippen LogP contribution in [-0.4, -0.2) is 38.0 Å². The third-order valence-corrected chi connectivity index (χ3v) is 3.73. The summed E-state index contributed by atoms with van der Waals surface area (Å²) >= 11 is 0. The van der Waals surface area contributed by atoms with Crippen molar-refractivity contribution in [3.8, 4) is 0 Å². The smallest absolute Gasteiger partial charge is 0.214 e. The molecule has 1 aliphatic carbocycles. The van der Waals surface area contributed by atoms with Crippen LogP contribution >= 0.6 is 0 Å². The number of likely N-dealkylation sites (N-methyl/N-ethyl adjacent to an activating group) is 1. The topological polar surface area (TPSA) is 66.0 Å². The number of nitrogens with one attached hydrogen (secondary N) is 2. The summed E-state index contributed by atoms with van der Waals surface area (Å²) in [7, 11) is 4.00. The highest BCUT2D eigenvalue weighted by molar-refractivity contribution is 6.02. The maximum absolute atomic E-state index is 12.2. The average molecular weight is 274 g/mol. The van der Waals surface area contributed by atoms with Crippen molar-refractivity contribution < 1.29 is 0 Å². The molecule has 1 aliphatic heterocycles. The van der Waals surface area contributed by atoms with E-state index in [0.717, 1.165) is 42.4 Å². The number of aryl methyl sites for hydroxylation is 1. The minimum absolute atomic E-state index is 0.521. The quantitative estimate of drug-likeness (QED) is 0.870. The third-order valence-electron chi connectivity index (χ3n) is 3.73. The van der Waals surface area contributed by atoms with E-state index < -0.39 is 0 Å². The van der Waals surface area contributed by atoms with E-state index in [1.807, 2.05) is 20.2 Å². The van der Waals surface area contributed by atoms with Crippen molar-refractivity contribution in [2.24, 2.45) is 4.99 Å². The molecule has 0 bridgehead atoms. The van der Waals surface area contributed by atoms with Crippen molar-refractivity contribution in [1.82, 2.24) is 10.3 Å². The maximum atomic E-state index is 12.2. The number of fused-ring (bicyclic) bond motifs is 3. The number of anilines is 2. The van der Waals surface area contributed by atoms with Gasteiger partial charge in [-0.25, -0.2) is 0 Å². The Morgan fingerprint density at radius 1 is 1.35 bits per heavy atom. The van der Waals surface area contributed by atoms with E-state index in [1.54, 1.807) is 0 Å². The van der Waals surface area contributed by atoms with E-state index in [1.165, 1.54) is 11.1 Å². The van der Waals surface area contributed by atoms with Gasteiger partial charge in [-0.1, -0.05) is 6.07 Å². The van der Waals surface area contributed by atoms with Crippen LogP contribution in [0.2, 0.25) is 0 Å². The number of guanidine groups is 1. The molecule has 1 aromatic carbocycles. The van der Waals surface area contributed by atoms with E-state index in [2.05, 4.69) is 26.7 Å². The number of aliphatic imine (C=N–C) groups is 1. The fourth-order valence-corrected chi connectivity index (χ4v) is 2.72. The van der Waals surface area contributed by atoms with Gasteiger partial charge in [-0.15, -0.1) is 0 Å². The molecule has 0 radical (unpaired) electrons. The Balaban J connectivity index is 1.82. The molecule has 0 spiro atoms. The maximum Gasteiger partial charge on any atom is 0.214 e. The average Bonchev–Trinajstić information content (AvgIpc) is 2.86. The molecule has 0 saturated heterocycles. The van der Waals surface area contributed by atoms with Crippen LogP contribution in [0, 0.1) is 5.21 Å². The van der Waals surface area contributed by atoms with E-state index in [4.69, 9.17) is 0 Å². The molecule has 108 valence electrons. The molecular formula is C14H20N5O-. The molecule has 1 aromatic rings. The molecule has 0 atom stereocenters. The summed E-state index contributed by atoms with van der Waals surface area (Å²) in [6.45, 7) is 1.50. The molecule has 0 amide bonds. The van der Waals surface area contributed by atoms with Crippen LogP contribution in [0.25, 0.3) is 0 Å². The lowest BCUT2D eigenvalue weighted by Gasteiger charge is -2.39. The minimum atomic E-state index is 0.521. The van der Waals surface area contributed by atoms with Crippen LogP contribution in [0.5, 0.6) is 0 Å². The second-order valence-electron chi connectivity index (χ2n) is 5.52. The van der Waals surface area contributed by atoms with Gasteiger partial charge in [-0.3, -0.25) is 10.4 Å². The van der Waals surface area contributed by atoms with Gasteiger partial charge in [0.15, 0.2) is 0 Å². The van der Waals surface area contributed by atoms with Crippen molar-refractivity contribution in [3.05, 3.63) is 28.5 Å². The first-order valence-electron chi connectivity index (χ1n) is 7.00. The highest BCUT2D eigenvalue weighted by Gasteiger charge is 2.22. The first-order chi connectivity index (χ1) is 9.65. The largest absolute Gasteiger partial charge is 0.739 e. The standard InChI is InChI=1S/C14H20N5O/c1-18(2)9-8-15-14-16-12-7-6-10-4-3-5-11(10)13(12)19(20)17-14/h6-7H,3-5,8-9H2,1-2H3,(H2,15,16,17)/q-1. The van der Waals surface area contributed by atoms with Gasteiger partial charge in [0.2, 0.25) is 5.96 Å². The molecule has 6 heteroatoms. The van der Waals surface area contributed by atoms with E-state index in [9.17, 15) is 5.21 Å². The molecule has 0 saturated carbocycles. The molecule has 20 heavy (non-hydrogen) atoms. The molecule has 2 aliphatic rings. The Morgan fingerprint density at radius 2 is 2.20 bits per heavy atom. The summed E-state index contributed by atoms with van der Waals surface area (Å²) in [5.41, 5.74) is 6.82. The lowest BCUT2D eigenvalue weighted by Crippen LogP contribution is -2.47. The van der Waals surface area contributed by atoms with Crippen LogP contribution < -0.4 is 15.9 Å². The summed E-state index contributed by atoms with van der Waals surface area (Å²) < 4.78 is 0. The van der Waals surface area contributed by atoms with Crippen LogP contribution in [0.1, 0.15) is 17.5 Å². The number of benzene rings is 1. The van der Waals surface area contributed by atoms with Crippen molar-refractivity contribution in [1.29, 1.82) is 0 Å². The lowest BCUT2D eigenvalue weighted by atomic mass is 10.1. The number of hydrazine groups is 1. The highest BCUT2D eigenvalue weighted by atomic mass is 16.5. The second kappa shape index (κ2) is 5.30. The van der Waals surface area contributed by atoms with Crippen LogP contribution in [-0.2, 0) is 12.8 Å². The van der Waals surface area contributed by atoms with Gasteiger partial charge >= 0.3 is 0 Å². The summed E-state index contributed by atoms with van der Waals surface area (Å²) in [5, 5.41) is 16.3. The third kappa shape index (κ3) is 2.44. The summed E-state index contributed by atoms with van der Waals surface area (Å²) in [5.74, 6) is 0.521. The van der Waals surface area contributed by atoms with Gasteiger partial charge in [0, 0.05) is 6.54 Å². The minimum Gasteiger partial charge on any atom is -0.739 e. The predicted octanol–water partition coefficient (Wildman–Crippen LogP) is 1.33. The molecule has 0 aromatic heterocycles. The van der Waals surface area contributed by atoms with Crippen molar-refractivity contribution in [3.63, 3.8) is 0 Å². The Morgan fingerprint density at radius 3 is 3.00 bits per heavy atom. The monoisotopic (exact) mass is 274 g/mol. The second-order valence-corrected chi connectivity index (χ2v) is 5.52. The molecule has 6 nitrogen and oxygen atoms in total. The Labute approximate surface area is 119 Å². The molecule has 2 N–H and O–H groups in total. The van der Waals surface area contributed by atoms with Gasteiger partial charge in [0.25, 0.3) is 0 Å². The summed E-state index contributed by atoms with van der Waals surface area (Å²) in [6.07, 6.45) is 3.18. The van der Waals surface area contributed by atoms with Crippen LogP contribution in [0.15, 0.2) is 17.1 Å². The molecular weight excluding hydrogens is 254 g/mol. The van der Waals surface area contributed by atoms with Gasteiger partial charge in [0.05, 0.1) is 17.9 Å². The van der Waals surface area contributed by atoms with Crippen molar-refractivity contribution >= 4 is 17.3 Å². The number of nitrogens with zero attached hydrogens (tertiary/aromatic N) is 3. The molecule has 3 rings (SSSR count). The Bertz CT molecular complexity index is 541. The summed E-state index contributed by atoms with van der Waals surface area (Å²) in [4.78, 5) is 6.44. The Hall–Kier alpha value is -1.79. The summed E-state index contributed by atoms with van der Waals surface area (Å²) in [6, 6.07) is 4.09. The number of hydrogen-bond donors (Lipinski definition) is 2. The fraction of sp³-hybridized carbons (Fsp3) is 0.500. The first-order valence-corrected chi connectivity index (χ1v) is 7.00. The molecule has 0 unspecified atom stereocenters. The van der Waals surface area contributed by atoms with Gasteiger partial charge in [-0.2, -0.15) is 0 Å². The first kappa shape index (κ1) is 13.2. The van der Waals surface area contributed by atoms with Crippen molar-refractivity contribution in [2.75, 3.05) is 37.7 Å². The Kier molecular flexibility index (Phi) is 3.50. The number of hydrogen-bond acceptors (Lipinski definition) is 4. The van der Waals surface area contributed by atoms with E-state index in [-0.39, 0.29) is 0 Å². The number of rotatable bonds is 3. The van der Waals surface area contributed by atoms with Crippen LogP contribution in [0.3, 0.4) is 0 Å². The van der Waals surface area contributed by atoms with Gasteiger partial charge in [-0.05, 0) is 50.6 Å². The van der Waals surface area contributed by atoms with Gasteiger partial charge in [0.1, 0.15) is 0 Å². The zero-order valence-corrected chi connectivity index (χ0v) is 11.9. The molecule has 0 fully saturated rings. The zero-order valence-electron chi connectivity index (χ0n) is 11.9. The SMILES string of the molecule is CN(C)CCN=C1Nc2ccc3c(c2N([O-])N1)CCC3. The van der Waals surface area contributed by atoms with Crippen molar-refractivity contribution in [2.45, 2.75) is 19.3 Å². The van der Waals surface area contributed by atoms with Gasteiger partial charge < -0.3 is 20.6 Å². The van der Waals surface area contributed by atoms with E-state index in [0.29, 0.717) is 12.5 Å². The highest BCUT2D eigenvalue weighted by Crippen LogP contribution is 2.38.